The molecule has 0 unspecified atom stereocenters. The quantitative estimate of drug-likeness (QED) is 0.740. The number of ketones is 1. The van der Waals surface area contributed by atoms with Crippen molar-refractivity contribution >= 4 is 11.7 Å². The average Bonchev–Trinajstić information content (AvgIpc) is 2.43. The van der Waals surface area contributed by atoms with Gasteiger partial charge in [-0.3, -0.25) is 14.6 Å². The zero-order valence-corrected chi connectivity index (χ0v) is 9.21. The standard InChI is InChI=1S/C11H18N2O2/c1-9(14)8-13-10(15)7-11(12-13)5-3-2-4-6-11/h12H,2-8H2,1H3. The topological polar surface area (TPSA) is 49.4 Å². The van der Waals surface area contributed by atoms with Crippen LogP contribution in [-0.4, -0.2) is 28.8 Å². The number of carbonyl (C=O) groups is 2. The molecule has 0 atom stereocenters. The van der Waals surface area contributed by atoms with Crippen LogP contribution in [0.4, 0.5) is 0 Å². The summed E-state index contributed by atoms with van der Waals surface area (Å²) < 4.78 is 0. The van der Waals surface area contributed by atoms with Gasteiger partial charge in [-0.15, -0.1) is 0 Å². The molecule has 0 aromatic carbocycles. The summed E-state index contributed by atoms with van der Waals surface area (Å²) in [4.78, 5) is 22.7. The van der Waals surface area contributed by atoms with E-state index >= 15 is 0 Å². The van der Waals surface area contributed by atoms with Gasteiger partial charge in [0.15, 0.2) is 5.78 Å². The van der Waals surface area contributed by atoms with E-state index in [1.54, 1.807) is 0 Å². The number of hydrogen-bond acceptors (Lipinski definition) is 3. The third-order valence-corrected chi connectivity index (χ3v) is 3.35. The maximum Gasteiger partial charge on any atom is 0.239 e. The monoisotopic (exact) mass is 210 g/mol. The molecular weight excluding hydrogens is 192 g/mol. The van der Waals surface area contributed by atoms with Crippen molar-refractivity contribution in [3.8, 4) is 0 Å². The van der Waals surface area contributed by atoms with Gasteiger partial charge in [0.2, 0.25) is 5.91 Å². The molecule has 15 heavy (non-hydrogen) atoms. The van der Waals surface area contributed by atoms with Crippen LogP contribution >= 0.6 is 0 Å². The summed E-state index contributed by atoms with van der Waals surface area (Å²) in [7, 11) is 0. The zero-order valence-electron chi connectivity index (χ0n) is 9.21. The van der Waals surface area contributed by atoms with Crippen LogP contribution in [0.1, 0.15) is 45.4 Å². The molecule has 2 rings (SSSR count). The van der Waals surface area contributed by atoms with Crippen molar-refractivity contribution in [1.29, 1.82) is 0 Å². The highest BCUT2D eigenvalue weighted by molar-refractivity contribution is 5.86. The van der Waals surface area contributed by atoms with Gasteiger partial charge in [0.05, 0.1) is 6.54 Å². The highest BCUT2D eigenvalue weighted by Gasteiger charge is 2.43. The Balaban J connectivity index is 2.01. The maximum atomic E-state index is 11.7. The van der Waals surface area contributed by atoms with Crippen LogP contribution < -0.4 is 5.43 Å². The lowest BCUT2D eigenvalue weighted by atomic mass is 9.81. The average molecular weight is 210 g/mol. The van der Waals surface area contributed by atoms with Gasteiger partial charge in [0.1, 0.15) is 0 Å². The smallest absolute Gasteiger partial charge is 0.239 e. The summed E-state index contributed by atoms with van der Waals surface area (Å²) in [6.45, 7) is 1.72. The van der Waals surface area contributed by atoms with E-state index in [4.69, 9.17) is 0 Å². The van der Waals surface area contributed by atoms with Gasteiger partial charge < -0.3 is 0 Å². The largest absolute Gasteiger partial charge is 0.298 e. The molecule has 1 aliphatic carbocycles. The molecule has 0 bridgehead atoms. The van der Waals surface area contributed by atoms with E-state index in [0.717, 1.165) is 12.8 Å². The Kier molecular flexibility index (Phi) is 2.78. The number of Topliss-reactive ketones (excluding diaryl/α,β-unsaturated/α-hetero) is 1. The number of carbonyl (C=O) groups excluding carboxylic acids is 2. The van der Waals surface area contributed by atoms with Crippen LogP contribution in [0.15, 0.2) is 0 Å². The van der Waals surface area contributed by atoms with E-state index < -0.39 is 0 Å². The number of nitrogens with one attached hydrogen (secondary N) is 1. The first-order chi connectivity index (χ1) is 7.11. The molecule has 1 spiro atoms. The Labute approximate surface area is 90.0 Å². The Morgan fingerprint density at radius 2 is 2.07 bits per heavy atom. The third-order valence-electron chi connectivity index (χ3n) is 3.35. The normalized spacial score (nSPS) is 24.9. The number of hydrazine groups is 1. The van der Waals surface area contributed by atoms with E-state index in [-0.39, 0.29) is 23.8 Å². The first-order valence-electron chi connectivity index (χ1n) is 5.69. The Morgan fingerprint density at radius 3 is 2.67 bits per heavy atom. The van der Waals surface area contributed by atoms with Gasteiger partial charge in [-0.05, 0) is 19.8 Å². The third kappa shape index (κ3) is 2.20. The lowest BCUT2D eigenvalue weighted by Gasteiger charge is -2.33. The van der Waals surface area contributed by atoms with Crippen molar-refractivity contribution in [3.05, 3.63) is 0 Å². The first kappa shape index (κ1) is 10.6. The molecule has 1 heterocycles. The second-order valence-corrected chi connectivity index (χ2v) is 4.81. The molecule has 1 saturated heterocycles. The zero-order chi connectivity index (χ0) is 10.9. The minimum Gasteiger partial charge on any atom is -0.298 e. The van der Waals surface area contributed by atoms with Crippen LogP contribution in [0.2, 0.25) is 0 Å². The fourth-order valence-electron chi connectivity index (χ4n) is 2.64. The van der Waals surface area contributed by atoms with Gasteiger partial charge in [-0.1, -0.05) is 19.3 Å². The highest BCUT2D eigenvalue weighted by atomic mass is 16.2. The predicted molar refractivity (Wildman–Crippen MR) is 56.0 cm³/mol. The number of rotatable bonds is 2. The molecule has 0 aromatic heterocycles. The van der Waals surface area contributed by atoms with Crippen molar-refractivity contribution in [2.45, 2.75) is 51.0 Å². The van der Waals surface area contributed by atoms with Crippen molar-refractivity contribution in [2.75, 3.05) is 6.54 Å². The van der Waals surface area contributed by atoms with E-state index in [2.05, 4.69) is 5.43 Å². The van der Waals surface area contributed by atoms with E-state index in [1.165, 1.54) is 31.2 Å². The molecule has 1 N–H and O–H groups in total. The molecule has 4 heteroatoms. The molecule has 1 amide bonds. The Bertz CT molecular complexity index is 282. The predicted octanol–water partition coefficient (Wildman–Crippen LogP) is 1.02. The molecule has 2 fully saturated rings. The van der Waals surface area contributed by atoms with E-state index in [0.29, 0.717) is 6.42 Å². The summed E-state index contributed by atoms with van der Waals surface area (Å²) >= 11 is 0. The number of hydrogen-bond donors (Lipinski definition) is 1. The number of nitrogens with zero attached hydrogens (tertiary/aromatic N) is 1. The van der Waals surface area contributed by atoms with Gasteiger partial charge in [-0.25, -0.2) is 5.43 Å². The first-order valence-corrected chi connectivity index (χ1v) is 5.69. The molecule has 0 radical (unpaired) electrons. The fourth-order valence-corrected chi connectivity index (χ4v) is 2.64. The summed E-state index contributed by atoms with van der Waals surface area (Å²) in [6, 6.07) is 0. The van der Waals surface area contributed by atoms with Crippen molar-refractivity contribution < 1.29 is 9.59 Å². The molecule has 2 aliphatic rings. The van der Waals surface area contributed by atoms with Crippen molar-refractivity contribution in [3.63, 3.8) is 0 Å². The summed E-state index contributed by atoms with van der Waals surface area (Å²) in [5.74, 6) is 0.107. The Morgan fingerprint density at radius 1 is 1.40 bits per heavy atom. The highest BCUT2D eigenvalue weighted by Crippen LogP contribution is 2.35. The Hall–Kier alpha value is -0.900. The summed E-state index contributed by atoms with van der Waals surface area (Å²) in [5, 5.41) is 1.51. The molecular formula is C11H18N2O2. The second kappa shape index (κ2) is 3.93. The summed E-state index contributed by atoms with van der Waals surface area (Å²) in [5.41, 5.74) is 3.23. The van der Waals surface area contributed by atoms with Gasteiger partial charge in [-0.2, -0.15) is 0 Å². The maximum absolute atomic E-state index is 11.7. The SMILES string of the molecule is CC(=O)CN1NC2(CCCCC2)CC1=O. The van der Waals surface area contributed by atoms with Gasteiger partial charge in [0.25, 0.3) is 0 Å². The molecule has 1 aliphatic heterocycles. The second-order valence-electron chi connectivity index (χ2n) is 4.81. The van der Waals surface area contributed by atoms with Crippen molar-refractivity contribution in [2.24, 2.45) is 0 Å². The van der Waals surface area contributed by atoms with Crippen LogP contribution in [0.25, 0.3) is 0 Å². The molecule has 0 aromatic rings. The van der Waals surface area contributed by atoms with Gasteiger partial charge in [0, 0.05) is 12.0 Å². The van der Waals surface area contributed by atoms with E-state index in [1.807, 2.05) is 0 Å². The fraction of sp³-hybridized carbons (Fsp3) is 0.818. The molecule has 1 saturated carbocycles. The van der Waals surface area contributed by atoms with Crippen LogP contribution in [-0.2, 0) is 9.59 Å². The van der Waals surface area contributed by atoms with Crippen LogP contribution in [0, 0.1) is 0 Å². The number of amides is 1. The lowest BCUT2D eigenvalue weighted by Crippen LogP contribution is -2.48. The van der Waals surface area contributed by atoms with Crippen molar-refractivity contribution in [1.82, 2.24) is 10.4 Å². The van der Waals surface area contributed by atoms with Crippen LogP contribution in [0.5, 0.6) is 0 Å². The molecule has 4 nitrogen and oxygen atoms in total. The van der Waals surface area contributed by atoms with Crippen LogP contribution in [0.3, 0.4) is 0 Å². The van der Waals surface area contributed by atoms with Gasteiger partial charge >= 0.3 is 0 Å². The lowest BCUT2D eigenvalue weighted by molar-refractivity contribution is -0.133. The molecule has 84 valence electrons. The van der Waals surface area contributed by atoms with E-state index in [9.17, 15) is 9.59 Å². The minimum atomic E-state index is -0.0230. The minimum absolute atomic E-state index is 0.0230. The summed E-state index contributed by atoms with van der Waals surface area (Å²) in [6.07, 6.45) is 6.34.